The van der Waals surface area contributed by atoms with E-state index >= 15 is 0 Å². The van der Waals surface area contributed by atoms with Crippen molar-refractivity contribution in [1.29, 1.82) is 0 Å². The number of hydrogen-bond donors (Lipinski definition) is 2. The molecule has 0 spiro atoms. The second-order valence-corrected chi connectivity index (χ2v) is 5.30. The fourth-order valence-electron chi connectivity index (χ4n) is 2.18. The van der Waals surface area contributed by atoms with E-state index in [0.29, 0.717) is 29.4 Å². The van der Waals surface area contributed by atoms with E-state index in [2.05, 4.69) is 15.4 Å². The van der Waals surface area contributed by atoms with Crippen molar-refractivity contribution in [2.24, 2.45) is 5.73 Å². The van der Waals surface area contributed by atoms with Crippen LogP contribution in [0.3, 0.4) is 0 Å². The van der Waals surface area contributed by atoms with Gasteiger partial charge in [0, 0.05) is 6.61 Å². The van der Waals surface area contributed by atoms with Crippen molar-refractivity contribution in [3.05, 3.63) is 35.9 Å². The zero-order chi connectivity index (χ0) is 14.9. The minimum absolute atomic E-state index is 0.206. The van der Waals surface area contributed by atoms with Gasteiger partial charge in [0.25, 0.3) is 0 Å². The molecule has 0 aliphatic carbocycles. The summed E-state index contributed by atoms with van der Waals surface area (Å²) in [7, 11) is 0. The van der Waals surface area contributed by atoms with Gasteiger partial charge in [0.2, 0.25) is 5.91 Å². The molecule has 3 N–H and O–H groups in total. The number of aromatic nitrogens is 3. The van der Waals surface area contributed by atoms with E-state index in [1.54, 1.807) is 18.2 Å². The Kier molecular flexibility index (Phi) is 3.62. The van der Waals surface area contributed by atoms with E-state index in [1.165, 1.54) is 17.3 Å². The molecule has 1 saturated heterocycles. The van der Waals surface area contributed by atoms with Crippen LogP contribution in [0.15, 0.2) is 30.9 Å². The smallest absolute Gasteiger partial charge is 0.247 e. The Labute approximate surface area is 126 Å². The molecule has 3 rings (SSSR count). The normalized spacial score (nSPS) is 21.4. The van der Waals surface area contributed by atoms with E-state index < -0.39 is 5.54 Å². The third-order valence-electron chi connectivity index (χ3n) is 3.39. The predicted octanol–water partition coefficient (Wildman–Crippen LogP) is 0.977. The standard InChI is InChI=1S/C13H14ClN5O2/c14-9-2-1-3-10(11(9)19-8-16-7-17-19)18-12(20)13(15)4-5-21-6-13/h1-3,7-8H,4-6,15H2,(H,18,20). The lowest BCUT2D eigenvalue weighted by atomic mass is 9.99. The number of halogens is 1. The molecule has 21 heavy (non-hydrogen) atoms. The summed E-state index contributed by atoms with van der Waals surface area (Å²) >= 11 is 6.20. The quantitative estimate of drug-likeness (QED) is 0.881. The molecule has 7 nitrogen and oxygen atoms in total. The Hall–Kier alpha value is -1.96. The number of para-hydroxylation sites is 1. The van der Waals surface area contributed by atoms with Crippen LogP contribution in [0.1, 0.15) is 6.42 Å². The number of rotatable bonds is 3. The summed E-state index contributed by atoms with van der Waals surface area (Å²) in [5.41, 5.74) is 6.11. The number of anilines is 1. The largest absolute Gasteiger partial charge is 0.379 e. The van der Waals surface area contributed by atoms with Gasteiger partial charge >= 0.3 is 0 Å². The van der Waals surface area contributed by atoms with Crippen LogP contribution in [0.5, 0.6) is 0 Å². The van der Waals surface area contributed by atoms with Gasteiger partial charge in [-0.3, -0.25) is 4.79 Å². The molecular weight excluding hydrogens is 294 g/mol. The number of nitrogens with one attached hydrogen (secondary N) is 1. The minimum atomic E-state index is -1.01. The number of carbonyl (C=O) groups excluding carboxylic acids is 1. The average Bonchev–Trinajstić information content (AvgIpc) is 3.11. The number of carbonyl (C=O) groups is 1. The highest BCUT2D eigenvalue weighted by atomic mass is 35.5. The van der Waals surface area contributed by atoms with Crippen LogP contribution in [-0.2, 0) is 9.53 Å². The third-order valence-corrected chi connectivity index (χ3v) is 3.69. The lowest BCUT2D eigenvalue weighted by Crippen LogP contribution is -2.51. The molecule has 1 unspecified atom stereocenters. The van der Waals surface area contributed by atoms with E-state index in [9.17, 15) is 4.79 Å². The summed E-state index contributed by atoms with van der Waals surface area (Å²) in [5, 5.41) is 7.30. The van der Waals surface area contributed by atoms with Gasteiger partial charge in [-0.1, -0.05) is 17.7 Å². The van der Waals surface area contributed by atoms with E-state index in [1.807, 2.05) is 0 Å². The van der Waals surface area contributed by atoms with Crippen LogP contribution >= 0.6 is 11.6 Å². The third kappa shape index (κ3) is 2.63. The molecule has 2 aromatic rings. The summed E-state index contributed by atoms with van der Waals surface area (Å²) in [6.45, 7) is 0.688. The fraction of sp³-hybridized carbons (Fsp3) is 0.308. The molecular formula is C13H14ClN5O2. The molecule has 1 atom stereocenters. The highest BCUT2D eigenvalue weighted by Crippen LogP contribution is 2.29. The van der Waals surface area contributed by atoms with Gasteiger partial charge in [-0.15, -0.1) is 0 Å². The molecule has 1 aromatic carbocycles. The molecule has 1 aliphatic heterocycles. The van der Waals surface area contributed by atoms with Crippen LogP contribution in [-0.4, -0.2) is 39.4 Å². The van der Waals surface area contributed by atoms with Crippen molar-refractivity contribution in [2.75, 3.05) is 18.5 Å². The first kappa shape index (κ1) is 14.0. The summed E-state index contributed by atoms with van der Waals surface area (Å²) < 4.78 is 6.70. The molecule has 110 valence electrons. The summed E-state index contributed by atoms with van der Waals surface area (Å²) in [6, 6.07) is 5.19. The summed E-state index contributed by atoms with van der Waals surface area (Å²) in [4.78, 5) is 16.3. The van der Waals surface area contributed by atoms with Crippen LogP contribution in [0, 0.1) is 0 Å². The Morgan fingerprint density at radius 3 is 3.05 bits per heavy atom. The highest BCUT2D eigenvalue weighted by molar-refractivity contribution is 6.33. The van der Waals surface area contributed by atoms with Gasteiger partial charge in [-0.2, -0.15) is 5.10 Å². The number of ether oxygens (including phenoxy) is 1. The maximum absolute atomic E-state index is 12.4. The monoisotopic (exact) mass is 307 g/mol. The summed E-state index contributed by atoms with van der Waals surface area (Å²) in [6.07, 6.45) is 3.38. The molecule has 1 aliphatic rings. The van der Waals surface area contributed by atoms with E-state index in [4.69, 9.17) is 22.1 Å². The Morgan fingerprint density at radius 2 is 2.38 bits per heavy atom. The Balaban J connectivity index is 1.93. The number of benzene rings is 1. The second-order valence-electron chi connectivity index (χ2n) is 4.89. The van der Waals surface area contributed by atoms with Gasteiger partial charge in [0.05, 0.1) is 17.3 Å². The van der Waals surface area contributed by atoms with Crippen molar-refractivity contribution in [2.45, 2.75) is 12.0 Å². The molecule has 0 bridgehead atoms. The maximum atomic E-state index is 12.4. The lowest BCUT2D eigenvalue weighted by molar-refractivity contribution is -0.121. The minimum Gasteiger partial charge on any atom is -0.379 e. The molecule has 0 saturated carbocycles. The number of nitrogens with zero attached hydrogens (tertiary/aromatic N) is 3. The van der Waals surface area contributed by atoms with Crippen molar-refractivity contribution in [1.82, 2.24) is 14.8 Å². The van der Waals surface area contributed by atoms with E-state index in [-0.39, 0.29) is 12.5 Å². The second kappa shape index (κ2) is 5.44. The molecule has 2 heterocycles. The maximum Gasteiger partial charge on any atom is 0.247 e. The zero-order valence-corrected chi connectivity index (χ0v) is 11.9. The summed E-state index contributed by atoms with van der Waals surface area (Å²) in [5.74, 6) is -0.302. The number of hydrogen-bond acceptors (Lipinski definition) is 5. The topological polar surface area (TPSA) is 95.1 Å². The fourth-order valence-corrected chi connectivity index (χ4v) is 2.44. The first-order chi connectivity index (χ1) is 10.1. The van der Waals surface area contributed by atoms with Crippen molar-refractivity contribution in [3.8, 4) is 5.69 Å². The van der Waals surface area contributed by atoms with Gasteiger partial charge in [0.1, 0.15) is 23.9 Å². The molecule has 1 fully saturated rings. The SMILES string of the molecule is NC1(C(=O)Nc2cccc(Cl)c2-n2cncn2)CCOC1. The van der Waals surface area contributed by atoms with Gasteiger partial charge in [-0.25, -0.2) is 9.67 Å². The zero-order valence-electron chi connectivity index (χ0n) is 11.1. The average molecular weight is 308 g/mol. The Morgan fingerprint density at radius 1 is 1.52 bits per heavy atom. The van der Waals surface area contributed by atoms with Gasteiger partial charge in [0.15, 0.2) is 0 Å². The van der Waals surface area contributed by atoms with Crippen molar-refractivity contribution in [3.63, 3.8) is 0 Å². The first-order valence-corrected chi connectivity index (χ1v) is 6.79. The van der Waals surface area contributed by atoms with Crippen LogP contribution < -0.4 is 11.1 Å². The molecule has 8 heteroatoms. The van der Waals surface area contributed by atoms with E-state index in [0.717, 1.165) is 0 Å². The number of amides is 1. The first-order valence-electron chi connectivity index (χ1n) is 6.42. The number of nitrogens with two attached hydrogens (primary N) is 1. The van der Waals surface area contributed by atoms with Gasteiger partial charge in [-0.05, 0) is 18.6 Å². The molecule has 0 radical (unpaired) electrons. The molecule has 1 amide bonds. The highest BCUT2D eigenvalue weighted by Gasteiger charge is 2.38. The van der Waals surface area contributed by atoms with Gasteiger partial charge < -0.3 is 15.8 Å². The van der Waals surface area contributed by atoms with Crippen LogP contribution in [0.2, 0.25) is 5.02 Å². The molecule has 1 aromatic heterocycles. The van der Waals surface area contributed by atoms with Crippen molar-refractivity contribution < 1.29 is 9.53 Å². The Bertz CT molecular complexity index is 653. The van der Waals surface area contributed by atoms with Crippen LogP contribution in [0.4, 0.5) is 5.69 Å². The predicted molar refractivity (Wildman–Crippen MR) is 77.4 cm³/mol. The van der Waals surface area contributed by atoms with Crippen molar-refractivity contribution >= 4 is 23.2 Å². The van der Waals surface area contributed by atoms with Crippen LogP contribution in [0.25, 0.3) is 5.69 Å². The lowest BCUT2D eigenvalue weighted by Gasteiger charge is -2.22.